The van der Waals surface area contributed by atoms with Crippen molar-refractivity contribution in [2.45, 2.75) is 72.9 Å². The molecule has 0 atom stereocenters. The number of hydrogen-bond acceptors (Lipinski definition) is 7. The Balaban J connectivity index is 2.51. The van der Waals surface area contributed by atoms with E-state index in [1.807, 2.05) is 20.8 Å². The van der Waals surface area contributed by atoms with Crippen LogP contribution in [0.25, 0.3) is 0 Å². The molecule has 41 heavy (non-hydrogen) atoms. The van der Waals surface area contributed by atoms with Gasteiger partial charge >= 0.3 is 15.6 Å². The minimum Gasteiger partial charge on any atom is -0.497 e. The molecule has 3 aromatic rings. The molecule has 0 aromatic heterocycles. The van der Waals surface area contributed by atoms with E-state index in [0.29, 0.717) is 17.2 Å². The zero-order valence-electron chi connectivity index (χ0n) is 24.2. The first-order valence-electron chi connectivity index (χ1n) is 12.5. The maximum atomic E-state index is 14.0. The lowest BCUT2D eigenvalue weighted by Crippen LogP contribution is -2.28. The summed E-state index contributed by atoms with van der Waals surface area (Å²) in [7, 11) is -6.96. The Morgan fingerprint density at radius 1 is 0.610 bits per heavy atom. The van der Waals surface area contributed by atoms with Crippen LogP contribution in [0.15, 0.2) is 81.4 Å². The highest BCUT2D eigenvalue weighted by Crippen LogP contribution is 2.73. The van der Waals surface area contributed by atoms with Crippen molar-refractivity contribution < 1.29 is 44.2 Å². The van der Waals surface area contributed by atoms with Gasteiger partial charge < -0.3 is 18.9 Å². The molecule has 7 nitrogen and oxygen atoms in total. The second kappa shape index (κ2) is 11.7. The number of halogens is 3. The van der Waals surface area contributed by atoms with Crippen LogP contribution in [0.1, 0.15) is 41.5 Å². The van der Waals surface area contributed by atoms with Gasteiger partial charge in [0, 0.05) is 15.9 Å². The molecule has 0 N–H and O–H groups in total. The van der Waals surface area contributed by atoms with E-state index >= 15 is 0 Å². The third kappa shape index (κ3) is 7.60. The van der Waals surface area contributed by atoms with E-state index in [1.54, 1.807) is 26.8 Å². The highest BCUT2D eigenvalue weighted by Gasteiger charge is 2.53. The lowest BCUT2D eigenvalue weighted by atomic mass is 10.2. The Labute approximate surface area is 241 Å². The molecule has 0 aliphatic heterocycles. The molecule has 0 heterocycles. The summed E-state index contributed by atoms with van der Waals surface area (Å²) >= 11 is 0. The van der Waals surface area contributed by atoms with Gasteiger partial charge in [-0.3, -0.25) is 0 Å². The second-order valence-corrected chi connectivity index (χ2v) is 15.3. The van der Waals surface area contributed by atoms with Crippen molar-refractivity contribution in [2.75, 3.05) is 14.2 Å². The van der Waals surface area contributed by atoms with Crippen LogP contribution in [-0.4, -0.2) is 39.3 Å². The Hall–Kier alpha value is -3.09. The maximum Gasteiger partial charge on any atom is 0.524 e. The third-order valence-corrected chi connectivity index (χ3v) is 10.3. The number of alkyl halides is 3. The highest BCUT2D eigenvalue weighted by atomic mass is 32.3. The van der Waals surface area contributed by atoms with Crippen molar-refractivity contribution in [3.63, 3.8) is 0 Å². The molecule has 0 amide bonds. The maximum absolute atomic E-state index is 14.0. The van der Waals surface area contributed by atoms with E-state index in [9.17, 15) is 21.6 Å². The summed E-state index contributed by atoms with van der Waals surface area (Å²) < 4.78 is 95.8. The highest BCUT2D eigenvalue weighted by molar-refractivity contribution is 8.33. The van der Waals surface area contributed by atoms with Crippen LogP contribution in [0, 0.1) is 0 Å². The van der Waals surface area contributed by atoms with E-state index in [1.165, 1.54) is 74.9 Å². The molecule has 0 aliphatic rings. The molecule has 0 fully saturated rings. The summed E-state index contributed by atoms with van der Waals surface area (Å²) in [6.07, 6.45) is 0. The molecular formula is C29H35F3O7S2. The Morgan fingerprint density at radius 3 is 1.39 bits per heavy atom. The van der Waals surface area contributed by atoms with Gasteiger partial charge in [0.05, 0.1) is 19.1 Å². The molecule has 0 aliphatic carbocycles. The predicted octanol–water partition coefficient (Wildman–Crippen LogP) is 8.12. The molecule has 0 radical (unpaired) electrons. The smallest absolute Gasteiger partial charge is 0.497 e. The van der Waals surface area contributed by atoms with Gasteiger partial charge in [-0.25, -0.2) is 0 Å². The Kier molecular flexibility index (Phi) is 9.22. The Bertz CT molecular complexity index is 1390. The van der Waals surface area contributed by atoms with Crippen LogP contribution in [-0.2, 0) is 13.7 Å². The summed E-state index contributed by atoms with van der Waals surface area (Å²) in [5.74, 6) is 1.29. The molecule has 0 spiro atoms. The van der Waals surface area contributed by atoms with Crippen LogP contribution in [0.5, 0.6) is 23.0 Å². The van der Waals surface area contributed by atoms with Gasteiger partial charge in [-0.2, -0.15) is 25.2 Å². The molecule has 0 unspecified atom stereocenters. The zero-order chi connectivity index (χ0) is 30.9. The largest absolute Gasteiger partial charge is 0.524 e. The fourth-order valence-corrected chi connectivity index (χ4v) is 8.53. The van der Waals surface area contributed by atoms with Crippen LogP contribution in [0.4, 0.5) is 13.2 Å². The molecule has 0 saturated heterocycles. The SMILES string of the molecule is COc1ccc(S(OS(=O)(=O)C(F)(F)F)(c2ccc(OC)cc2)c2ccc(OC(C)(C)C)cc2OC(C)(C)C)cc1. The van der Waals surface area contributed by atoms with Gasteiger partial charge in [-0.15, -0.1) is 0 Å². The van der Waals surface area contributed by atoms with E-state index in [4.69, 9.17) is 22.6 Å². The zero-order valence-corrected chi connectivity index (χ0v) is 25.8. The van der Waals surface area contributed by atoms with Crippen molar-refractivity contribution in [1.82, 2.24) is 0 Å². The van der Waals surface area contributed by atoms with Crippen LogP contribution >= 0.6 is 10.3 Å². The molecule has 12 heteroatoms. The lowest BCUT2D eigenvalue weighted by Gasteiger charge is -2.41. The van der Waals surface area contributed by atoms with Crippen molar-refractivity contribution in [3.8, 4) is 23.0 Å². The first kappa shape index (κ1) is 32.4. The normalized spacial score (nSPS) is 13.4. The summed E-state index contributed by atoms with van der Waals surface area (Å²) in [5.41, 5.74) is -7.14. The Morgan fingerprint density at radius 2 is 1.02 bits per heavy atom. The van der Waals surface area contributed by atoms with Gasteiger partial charge in [0.25, 0.3) is 0 Å². The third-order valence-electron chi connectivity index (χ3n) is 5.32. The summed E-state index contributed by atoms with van der Waals surface area (Å²) in [4.78, 5) is 0.385. The summed E-state index contributed by atoms with van der Waals surface area (Å²) in [6.45, 7) is 10.8. The number of rotatable bonds is 9. The van der Waals surface area contributed by atoms with Gasteiger partial charge in [-0.1, -0.05) is 0 Å². The number of benzene rings is 3. The summed E-state index contributed by atoms with van der Waals surface area (Å²) in [5, 5.41) is 0. The number of hydrogen-bond donors (Lipinski definition) is 0. The average Bonchev–Trinajstić information content (AvgIpc) is 2.85. The fraction of sp³-hybridized carbons (Fsp3) is 0.379. The van der Waals surface area contributed by atoms with E-state index in [2.05, 4.69) is 0 Å². The lowest BCUT2D eigenvalue weighted by molar-refractivity contribution is -0.0496. The molecule has 226 valence electrons. The van der Waals surface area contributed by atoms with Gasteiger partial charge in [-0.05, 0) is 113 Å². The topological polar surface area (TPSA) is 80.3 Å². The van der Waals surface area contributed by atoms with E-state index in [-0.39, 0.29) is 20.4 Å². The molecule has 0 bridgehead atoms. The predicted molar refractivity (Wildman–Crippen MR) is 152 cm³/mol. The van der Waals surface area contributed by atoms with Crippen LogP contribution in [0.3, 0.4) is 0 Å². The minimum atomic E-state index is -6.14. The van der Waals surface area contributed by atoms with Crippen molar-refractivity contribution in [2.24, 2.45) is 0 Å². The van der Waals surface area contributed by atoms with Gasteiger partial charge in [0.2, 0.25) is 0 Å². The quantitative estimate of drug-likeness (QED) is 0.225. The van der Waals surface area contributed by atoms with Gasteiger partial charge in [0.1, 0.15) is 34.2 Å². The molecule has 3 aromatic carbocycles. The second-order valence-electron chi connectivity index (χ2n) is 10.9. The fourth-order valence-electron chi connectivity index (χ4n) is 3.77. The minimum absolute atomic E-state index is 0.0804. The molecule has 3 rings (SSSR count). The standard InChI is InChI=1S/C29H35F3O7S2/c1-27(2,3)37-22-13-18-26(25(19-22)38-28(4,5)6)40(39-41(33,34)29(30,31)32,23-14-9-20(35-7)10-15-23)24-16-11-21(36-8)12-17-24/h9-19H,1-8H3. The molecular weight excluding hydrogens is 581 g/mol. The van der Waals surface area contributed by atoms with E-state index < -0.39 is 37.1 Å². The number of methoxy groups -OCH3 is 2. The van der Waals surface area contributed by atoms with Crippen molar-refractivity contribution in [3.05, 3.63) is 66.7 Å². The number of ether oxygens (including phenoxy) is 4. The van der Waals surface area contributed by atoms with Crippen LogP contribution < -0.4 is 18.9 Å². The average molecular weight is 617 g/mol. The van der Waals surface area contributed by atoms with Crippen molar-refractivity contribution in [1.29, 1.82) is 0 Å². The molecule has 0 saturated carbocycles. The van der Waals surface area contributed by atoms with Gasteiger partial charge in [0.15, 0.2) is 0 Å². The first-order valence-corrected chi connectivity index (χ1v) is 15.4. The summed E-state index contributed by atoms with van der Waals surface area (Å²) in [6, 6.07) is 16.6. The first-order chi connectivity index (χ1) is 18.8. The van der Waals surface area contributed by atoms with Crippen LogP contribution in [0.2, 0.25) is 0 Å². The van der Waals surface area contributed by atoms with E-state index in [0.717, 1.165) is 0 Å². The van der Waals surface area contributed by atoms with Crippen molar-refractivity contribution >= 4 is 20.4 Å². The monoisotopic (exact) mass is 616 g/mol.